The van der Waals surface area contributed by atoms with E-state index in [1.807, 2.05) is 0 Å². The van der Waals surface area contributed by atoms with Crippen molar-refractivity contribution < 1.29 is 14.3 Å². The number of hydrogen-bond acceptors (Lipinski definition) is 3. The molecule has 3 N–H and O–H groups in total. The highest BCUT2D eigenvalue weighted by molar-refractivity contribution is 5.75. The average molecular weight is 311 g/mol. The fourth-order valence-electron chi connectivity index (χ4n) is 2.29. The van der Waals surface area contributed by atoms with Crippen LogP contribution >= 0.6 is 0 Å². The number of amides is 3. The molecule has 3 amide bonds. The van der Waals surface area contributed by atoms with Crippen LogP contribution < -0.4 is 16.0 Å². The summed E-state index contributed by atoms with van der Waals surface area (Å²) in [6.45, 7) is 6.09. The molecule has 0 spiro atoms. The Morgan fingerprint density at radius 2 is 1.73 bits per heavy atom. The van der Waals surface area contributed by atoms with Crippen molar-refractivity contribution in [3.05, 3.63) is 12.3 Å². The monoisotopic (exact) mass is 311 g/mol. The molecular weight excluding hydrogens is 282 g/mol. The highest BCUT2D eigenvalue weighted by atomic mass is 16.6. The fraction of sp³-hybridized carbons (Fsp3) is 0.750. The molecule has 1 aliphatic carbocycles. The second kappa shape index (κ2) is 9.33. The SMILES string of the molecule is CC(C)(C)OC(=O)NCCNC(=O)N/C=C/C1CCCCC1. The smallest absolute Gasteiger partial charge is 0.407 e. The Bertz CT molecular complexity index is 383. The lowest BCUT2D eigenvalue weighted by atomic mass is 9.89. The van der Waals surface area contributed by atoms with Gasteiger partial charge in [-0.3, -0.25) is 0 Å². The molecule has 6 nitrogen and oxygen atoms in total. The van der Waals surface area contributed by atoms with Gasteiger partial charge in [0.1, 0.15) is 5.60 Å². The molecule has 0 heterocycles. The molecule has 1 saturated carbocycles. The van der Waals surface area contributed by atoms with Crippen LogP contribution in [-0.2, 0) is 4.74 Å². The Morgan fingerprint density at radius 3 is 2.36 bits per heavy atom. The predicted octanol–water partition coefficient (Wildman–Crippen LogP) is 2.90. The number of urea groups is 1. The zero-order valence-corrected chi connectivity index (χ0v) is 13.9. The highest BCUT2D eigenvalue weighted by Gasteiger charge is 2.15. The van der Waals surface area contributed by atoms with Crippen LogP contribution in [0.3, 0.4) is 0 Å². The molecule has 0 radical (unpaired) electrons. The lowest BCUT2D eigenvalue weighted by Crippen LogP contribution is -2.40. The standard InChI is InChI=1S/C16H29N3O3/c1-16(2,3)22-15(21)19-12-11-18-14(20)17-10-9-13-7-5-4-6-8-13/h9-10,13H,4-8,11-12H2,1-3H3,(H,19,21)(H2,17,18,20)/b10-9+. The van der Waals surface area contributed by atoms with Gasteiger partial charge in [-0.25, -0.2) is 9.59 Å². The van der Waals surface area contributed by atoms with Gasteiger partial charge in [-0.2, -0.15) is 0 Å². The first-order valence-electron chi connectivity index (χ1n) is 8.05. The lowest BCUT2D eigenvalue weighted by Gasteiger charge is -2.19. The Morgan fingerprint density at radius 1 is 1.09 bits per heavy atom. The van der Waals surface area contributed by atoms with E-state index in [0.717, 1.165) is 0 Å². The molecule has 1 aliphatic rings. The molecule has 0 aromatic rings. The lowest BCUT2D eigenvalue weighted by molar-refractivity contribution is 0.0528. The average Bonchev–Trinajstić information content (AvgIpc) is 2.43. The van der Waals surface area contributed by atoms with E-state index in [-0.39, 0.29) is 6.03 Å². The van der Waals surface area contributed by atoms with Crippen LogP contribution in [0.4, 0.5) is 9.59 Å². The molecule has 0 bridgehead atoms. The van der Waals surface area contributed by atoms with Crippen molar-refractivity contribution in [3.8, 4) is 0 Å². The maximum atomic E-state index is 11.5. The zero-order valence-electron chi connectivity index (χ0n) is 13.9. The quantitative estimate of drug-likeness (QED) is 0.683. The molecule has 126 valence electrons. The van der Waals surface area contributed by atoms with Crippen LogP contribution in [0.2, 0.25) is 0 Å². The second-order valence-corrected chi connectivity index (χ2v) is 6.59. The third-order valence-electron chi connectivity index (χ3n) is 3.31. The Labute approximate surface area is 133 Å². The van der Waals surface area contributed by atoms with Gasteiger partial charge in [0.05, 0.1) is 0 Å². The minimum absolute atomic E-state index is 0.266. The maximum absolute atomic E-state index is 11.5. The number of allylic oxidation sites excluding steroid dienone is 1. The van der Waals surface area contributed by atoms with Crippen LogP contribution in [0.5, 0.6) is 0 Å². The van der Waals surface area contributed by atoms with E-state index in [0.29, 0.717) is 19.0 Å². The highest BCUT2D eigenvalue weighted by Crippen LogP contribution is 2.24. The van der Waals surface area contributed by atoms with Crippen molar-refractivity contribution in [1.29, 1.82) is 0 Å². The molecule has 1 fully saturated rings. The van der Waals surface area contributed by atoms with E-state index in [1.54, 1.807) is 27.0 Å². The van der Waals surface area contributed by atoms with E-state index in [4.69, 9.17) is 4.74 Å². The van der Waals surface area contributed by atoms with E-state index in [1.165, 1.54) is 32.1 Å². The summed E-state index contributed by atoms with van der Waals surface area (Å²) in [7, 11) is 0. The molecular formula is C16H29N3O3. The van der Waals surface area contributed by atoms with Crippen molar-refractivity contribution in [3.63, 3.8) is 0 Å². The van der Waals surface area contributed by atoms with Gasteiger partial charge in [-0.15, -0.1) is 0 Å². The summed E-state index contributed by atoms with van der Waals surface area (Å²) in [5, 5.41) is 7.93. The molecule has 0 aromatic carbocycles. The number of alkyl carbamates (subject to hydrolysis) is 1. The zero-order chi connectivity index (χ0) is 16.4. The Balaban J connectivity index is 2.05. The van der Waals surface area contributed by atoms with Crippen LogP contribution in [0.25, 0.3) is 0 Å². The predicted molar refractivity (Wildman–Crippen MR) is 86.5 cm³/mol. The molecule has 0 unspecified atom stereocenters. The van der Waals surface area contributed by atoms with Crippen LogP contribution in [0.15, 0.2) is 12.3 Å². The topological polar surface area (TPSA) is 79.5 Å². The van der Waals surface area contributed by atoms with Crippen molar-refractivity contribution in [1.82, 2.24) is 16.0 Å². The maximum Gasteiger partial charge on any atom is 0.407 e. The largest absolute Gasteiger partial charge is 0.444 e. The first-order valence-corrected chi connectivity index (χ1v) is 8.05. The molecule has 1 rings (SSSR count). The van der Waals surface area contributed by atoms with E-state index in [9.17, 15) is 9.59 Å². The molecule has 0 saturated heterocycles. The van der Waals surface area contributed by atoms with Crippen LogP contribution in [0.1, 0.15) is 52.9 Å². The summed E-state index contributed by atoms with van der Waals surface area (Å²) in [5.74, 6) is 0.586. The van der Waals surface area contributed by atoms with Gasteiger partial charge in [-0.05, 0) is 39.5 Å². The summed E-state index contributed by atoms with van der Waals surface area (Å²) in [5.41, 5.74) is -0.515. The minimum atomic E-state index is -0.515. The van der Waals surface area contributed by atoms with Crippen molar-refractivity contribution in [2.75, 3.05) is 13.1 Å². The van der Waals surface area contributed by atoms with Gasteiger partial charge in [-0.1, -0.05) is 25.3 Å². The number of hydrogen-bond donors (Lipinski definition) is 3. The normalized spacial score (nSPS) is 16.3. The first kappa shape index (κ1) is 18.3. The molecule has 6 heteroatoms. The van der Waals surface area contributed by atoms with Gasteiger partial charge in [0.15, 0.2) is 0 Å². The number of carbonyl (C=O) groups excluding carboxylic acids is 2. The molecule has 0 aromatic heterocycles. The van der Waals surface area contributed by atoms with E-state index in [2.05, 4.69) is 22.0 Å². The van der Waals surface area contributed by atoms with Crippen LogP contribution in [-0.4, -0.2) is 30.8 Å². The van der Waals surface area contributed by atoms with Crippen molar-refractivity contribution in [2.45, 2.75) is 58.5 Å². The van der Waals surface area contributed by atoms with E-state index < -0.39 is 11.7 Å². The summed E-state index contributed by atoms with van der Waals surface area (Å²) in [4.78, 5) is 22.9. The van der Waals surface area contributed by atoms with Gasteiger partial charge in [0.2, 0.25) is 0 Å². The van der Waals surface area contributed by atoms with Gasteiger partial charge in [0.25, 0.3) is 0 Å². The van der Waals surface area contributed by atoms with Gasteiger partial charge in [0, 0.05) is 19.3 Å². The molecule has 0 aliphatic heterocycles. The molecule has 0 atom stereocenters. The number of carbonyl (C=O) groups is 2. The van der Waals surface area contributed by atoms with Crippen molar-refractivity contribution in [2.24, 2.45) is 5.92 Å². The number of nitrogens with one attached hydrogen (secondary N) is 3. The van der Waals surface area contributed by atoms with Crippen LogP contribution in [0, 0.1) is 5.92 Å². The van der Waals surface area contributed by atoms with Crippen molar-refractivity contribution >= 4 is 12.1 Å². The summed E-state index contributed by atoms with van der Waals surface area (Å²) in [6, 6.07) is -0.266. The Hall–Kier alpha value is -1.72. The third-order valence-corrected chi connectivity index (χ3v) is 3.31. The van der Waals surface area contributed by atoms with Gasteiger partial charge < -0.3 is 20.7 Å². The fourth-order valence-corrected chi connectivity index (χ4v) is 2.29. The molecule has 22 heavy (non-hydrogen) atoms. The van der Waals surface area contributed by atoms with Gasteiger partial charge >= 0.3 is 12.1 Å². The summed E-state index contributed by atoms with van der Waals surface area (Å²) < 4.78 is 5.09. The summed E-state index contributed by atoms with van der Waals surface area (Å²) >= 11 is 0. The summed E-state index contributed by atoms with van der Waals surface area (Å²) in [6.07, 6.45) is 9.59. The third kappa shape index (κ3) is 9.26. The Kier molecular flexibility index (Phi) is 7.77. The number of ether oxygens (including phenoxy) is 1. The number of rotatable bonds is 5. The van der Waals surface area contributed by atoms with E-state index >= 15 is 0 Å². The first-order chi connectivity index (χ1) is 10.4. The minimum Gasteiger partial charge on any atom is -0.444 e. The second-order valence-electron chi connectivity index (χ2n) is 6.59.